The lowest BCUT2D eigenvalue weighted by Gasteiger charge is -2.03. The molecule has 0 aromatic carbocycles. The van der Waals surface area contributed by atoms with Crippen molar-refractivity contribution in [3.05, 3.63) is 27.7 Å². The predicted octanol–water partition coefficient (Wildman–Crippen LogP) is 2.05. The summed E-state index contributed by atoms with van der Waals surface area (Å²) in [6, 6.07) is 0. The van der Waals surface area contributed by atoms with Crippen LogP contribution in [0.15, 0.2) is 17.8 Å². The maximum Gasteiger partial charge on any atom is 0.333 e. The van der Waals surface area contributed by atoms with Crippen LogP contribution in [0.1, 0.15) is 23.2 Å². The van der Waals surface area contributed by atoms with Crippen molar-refractivity contribution in [1.29, 1.82) is 0 Å². The second-order valence-corrected chi connectivity index (χ2v) is 4.87. The summed E-state index contributed by atoms with van der Waals surface area (Å²) >= 11 is 1.68. The lowest BCUT2D eigenvalue weighted by atomic mass is 10.2. The molecule has 0 saturated heterocycles. The van der Waals surface area contributed by atoms with Crippen LogP contribution in [0, 0.1) is 6.92 Å². The number of aryl methyl sites for hydroxylation is 1. The van der Waals surface area contributed by atoms with Crippen LogP contribution in [0.2, 0.25) is 0 Å². The summed E-state index contributed by atoms with van der Waals surface area (Å²) in [6.07, 6.45) is 4.44. The lowest BCUT2D eigenvalue weighted by molar-refractivity contribution is -0.136. The molecule has 1 rings (SSSR count). The van der Waals surface area contributed by atoms with E-state index in [1.807, 2.05) is 26.1 Å². The van der Waals surface area contributed by atoms with Crippen molar-refractivity contribution in [3.63, 3.8) is 0 Å². The largest absolute Gasteiger partial charge is 0.466 e. The number of ether oxygens (including phenoxy) is 1. The van der Waals surface area contributed by atoms with Gasteiger partial charge in [0.25, 0.3) is 0 Å². The van der Waals surface area contributed by atoms with Gasteiger partial charge in [0.15, 0.2) is 0 Å². The summed E-state index contributed by atoms with van der Waals surface area (Å²) in [5.74, 6) is -0.247. The molecule has 94 valence electrons. The van der Waals surface area contributed by atoms with Crippen molar-refractivity contribution in [1.82, 2.24) is 10.3 Å². The van der Waals surface area contributed by atoms with E-state index in [4.69, 9.17) is 0 Å². The van der Waals surface area contributed by atoms with Crippen LogP contribution in [-0.4, -0.2) is 24.6 Å². The van der Waals surface area contributed by atoms with Gasteiger partial charge in [-0.2, -0.15) is 0 Å². The zero-order valence-corrected chi connectivity index (χ0v) is 11.3. The zero-order valence-electron chi connectivity index (χ0n) is 10.4. The second-order valence-electron chi connectivity index (χ2n) is 3.55. The van der Waals surface area contributed by atoms with Gasteiger partial charge < -0.3 is 10.1 Å². The van der Waals surface area contributed by atoms with E-state index in [1.54, 1.807) is 11.3 Å². The van der Waals surface area contributed by atoms with Gasteiger partial charge in [-0.25, -0.2) is 9.78 Å². The highest BCUT2D eigenvalue weighted by atomic mass is 32.1. The van der Waals surface area contributed by atoms with E-state index in [1.165, 1.54) is 12.0 Å². The fraction of sp³-hybridized carbons (Fsp3) is 0.500. The number of hydrogen-bond acceptors (Lipinski definition) is 5. The van der Waals surface area contributed by atoms with Gasteiger partial charge in [0.1, 0.15) is 0 Å². The number of thiazole rings is 1. The molecule has 0 saturated carbocycles. The van der Waals surface area contributed by atoms with Gasteiger partial charge >= 0.3 is 5.97 Å². The summed E-state index contributed by atoms with van der Waals surface area (Å²) in [7, 11) is 1.40. The van der Waals surface area contributed by atoms with Crippen molar-refractivity contribution in [2.45, 2.75) is 26.8 Å². The van der Waals surface area contributed by atoms with Crippen molar-refractivity contribution in [3.8, 4) is 0 Å². The number of methoxy groups -OCH3 is 1. The SMILES string of the molecule is CCC(=CCNCc1cnc(C)s1)C(=O)OC. The van der Waals surface area contributed by atoms with Crippen molar-refractivity contribution >= 4 is 17.3 Å². The van der Waals surface area contributed by atoms with E-state index in [-0.39, 0.29) is 5.97 Å². The Kier molecular flexibility index (Phi) is 5.86. The van der Waals surface area contributed by atoms with E-state index < -0.39 is 0 Å². The minimum Gasteiger partial charge on any atom is -0.466 e. The van der Waals surface area contributed by atoms with Crippen LogP contribution in [0.25, 0.3) is 0 Å². The molecule has 0 amide bonds. The molecule has 1 heterocycles. The van der Waals surface area contributed by atoms with Gasteiger partial charge in [-0.05, 0) is 13.3 Å². The van der Waals surface area contributed by atoms with Crippen LogP contribution in [0.3, 0.4) is 0 Å². The van der Waals surface area contributed by atoms with Gasteiger partial charge in [0, 0.05) is 29.7 Å². The smallest absolute Gasteiger partial charge is 0.333 e. The Morgan fingerprint density at radius 3 is 2.94 bits per heavy atom. The molecule has 0 unspecified atom stereocenters. The Morgan fingerprint density at radius 2 is 2.41 bits per heavy atom. The average molecular weight is 254 g/mol. The molecule has 0 atom stereocenters. The van der Waals surface area contributed by atoms with Crippen molar-refractivity contribution < 1.29 is 9.53 Å². The van der Waals surface area contributed by atoms with E-state index in [0.29, 0.717) is 18.5 Å². The topological polar surface area (TPSA) is 51.2 Å². The number of nitrogens with zero attached hydrogens (tertiary/aromatic N) is 1. The van der Waals surface area contributed by atoms with E-state index in [2.05, 4.69) is 15.0 Å². The van der Waals surface area contributed by atoms with Crippen LogP contribution in [0.5, 0.6) is 0 Å². The first-order chi connectivity index (χ1) is 8.17. The highest BCUT2D eigenvalue weighted by molar-refractivity contribution is 7.11. The molecule has 0 spiro atoms. The lowest BCUT2D eigenvalue weighted by Crippen LogP contribution is -2.14. The molecule has 17 heavy (non-hydrogen) atoms. The summed E-state index contributed by atoms with van der Waals surface area (Å²) in [6.45, 7) is 5.37. The maximum absolute atomic E-state index is 11.3. The number of hydrogen-bond donors (Lipinski definition) is 1. The minimum atomic E-state index is -0.247. The number of aromatic nitrogens is 1. The third kappa shape index (κ3) is 4.66. The summed E-state index contributed by atoms with van der Waals surface area (Å²) < 4.78 is 4.68. The van der Waals surface area contributed by atoms with Crippen LogP contribution < -0.4 is 5.32 Å². The van der Waals surface area contributed by atoms with E-state index >= 15 is 0 Å². The third-order valence-corrected chi connectivity index (χ3v) is 3.20. The fourth-order valence-corrected chi connectivity index (χ4v) is 2.15. The normalized spacial score (nSPS) is 11.6. The Labute approximate surface area is 106 Å². The molecule has 1 aromatic rings. The Hall–Kier alpha value is -1.20. The first-order valence-electron chi connectivity index (χ1n) is 5.56. The Bertz CT molecular complexity index is 399. The molecular weight excluding hydrogens is 236 g/mol. The molecule has 4 nitrogen and oxygen atoms in total. The van der Waals surface area contributed by atoms with Crippen molar-refractivity contribution in [2.75, 3.05) is 13.7 Å². The minimum absolute atomic E-state index is 0.247. The molecule has 0 aliphatic carbocycles. The first kappa shape index (κ1) is 13.9. The molecular formula is C12H18N2O2S. The molecule has 1 N–H and O–H groups in total. The Morgan fingerprint density at radius 1 is 1.65 bits per heavy atom. The number of rotatable bonds is 6. The highest BCUT2D eigenvalue weighted by Gasteiger charge is 2.05. The monoisotopic (exact) mass is 254 g/mol. The van der Waals surface area contributed by atoms with E-state index in [9.17, 15) is 4.79 Å². The Balaban J connectivity index is 2.35. The van der Waals surface area contributed by atoms with Gasteiger partial charge in [0.05, 0.1) is 12.1 Å². The van der Waals surface area contributed by atoms with Gasteiger partial charge in [-0.3, -0.25) is 0 Å². The number of carbonyl (C=O) groups is 1. The first-order valence-corrected chi connectivity index (χ1v) is 6.38. The summed E-state index contributed by atoms with van der Waals surface area (Å²) in [5.41, 5.74) is 0.709. The average Bonchev–Trinajstić information content (AvgIpc) is 2.74. The van der Waals surface area contributed by atoms with Gasteiger partial charge in [-0.15, -0.1) is 11.3 Å². The molecule has 5 heteroatoms. The number of carbonyl (C=O) groups excluding carboxylic acids is 1. The molecule has 0 bridgehead atoms. The van der Waals surface area contributed by atoms with Crippen molar-refractivity contribution in [2.24, 2.45) is 0 Å². The molecule has 0 radical (unpaired) electrons. The quantitative estimate of drug-likeness (QED) is 0.479. The van der Waals surface area contributed by atoms with Crippen LogP contribution in [0.4, 0.5) is 0 Å². The molecule has 0 aliphatic heterocycles. The highest BCUT2D eigenvalue weighted by Crippen LogP contribution is 2.10. The standard InChI is InChI=1S/C12H18N2O2S/c1-4-10(12(15)16-3)5-6-13-7-11-8-14-9(2)17-11/h5,8,13H,4,6-7H2,1-3H3. The fourth-order valence-electron chi connectivity index (χ4n) is 1.38. The number of esters is 1. The number of nitrogens with one attached hydrogen (secondary N) is 1. The maximum atomic E-state index is 11.3. The van der Waals surface area contributed by atoms with Crippen LogP contribution in [-0.2, 0) is 16.1 Å². The predicted molar refractivity (Wildman–Crippen MR) is 68.9 cm³/mol. The summed E-state index contributed by atoms with van der Waals surface area (Å²) in [5, 5.41) is 4.32. The molecule has 0 aliphatic rings. The van der Waals surface area contributed by atoms with Gasteiger partial charge in [-0.1, -0.05) is 13.0 Å². The summed E-state index contributed by atoms with van der Waals surface area (Å²) in [4.78, 5) is 16.7. The zero-order chi connectivity index (χ0) is 12.7. The third-order valence-electron chi connectivity index (χ3n) is 2.29. The molecule has 0 fully saturated rings. The second kappa shape index (κ2) is 7.19. The van der Waals surface area contributed by atoms with Gasteiger partial charge in [0.2, 0.25) is 0 Å². The van der Waals surface area contributed by atoms with E-state index in [0.717, 1.165) is 11.6 Å². The van der Waals surface area contributed by atoms with Crippen LogP contribution >= 0.6 is 11.3 Å². The molecule has 1 aromatic heterocycles.